The van der Waals surface area contributed by atoms with Crippen LogP contribution in [0, 0.1) is 5.92 Å². The van der Waals surface area contributed by atoms with Gasteiger partial charge in [0.1, 0.15) is 0 Å². The third kappa shape index (κ3) is 3.45. The fourth-order valence-corrected chi connectivity index (χ4v) is 7.16. The number of halogens is 2. The molecule has 2 fully saturated rings. The summed E-state index contributed by atoms with van der Waals surface area (Å²) in [5.74, 6) is -0.363. The summed E-state index contributed by atoms with van der Waals surface area (Å²) in [6, 6.07) is 4.74. The number of nitrogens with zero attached hydrogens (tertiary/aromatic N) is 2. The second-order valence-electron chi connectivity index (χ2n) is 6.15. The minimum absolute atomic E-state index is 0.0263. The number of anilines is 1. The topological polar surface area (TPSA) is 66.8 Å². The SMILES string of the molecule is CC(C)C(=O)N=C1S[C@@H]2CS(=O)(=O)C[C@H]2N1c1ccc(Cl)cc1Cl. The van der Waals surface area contributed by atoms with Crippen molar-refractivity contribution in [2.75, 3.05) is 16.4 Å². The molecule has 5 nitrogen and oxygen atoms in total. The maximum atomic E-state index is 12.1. The first kappa shape index (κ1) is 18.0. The van der Waals surface area contributed by atoms with Gasteiger partial charge in [-0.05, 0) is 18.2 Å². The van der Waals surface area contributed by atoms with Gasteiger partial charge in [-0.3, -0.25) is 4.79 Å². The van der Waals surface area contributed by atoms with E-state index < -0.39 is 9.84 Å². The number of amidine groups is 1. The molecule has 3 rings (SSSR count). The molecule has 130 valence electrons. The highest BCUT2D eigenvalue weighted by Crippen LogP contribution is 2.43. The number of carbonyl (C=O) groups is 1. The van der Waals surface area contributed by atoms with E-state index in [9.17, 15) is 13.2 Å². The fourth-order valence-electron chi connectivity index (χ4n) is 2.75. The molecule has 0 unspecified atom stereocenters. The van der Waals surface area contributed by atoms with Crippen molar-refractivity contribution in [3.8, 4) is 0 Å². The number of amides is 1. The molecule has 2 aliphatic rings. The third-order valence-corrected chi connectivity index (χ3v) is 7.68. The Bertz CT molecular complexity index is 824. The molecule has 2 aliphatic heterocycles. The van der Waals surface area contributed by atoms with Gasteiger partial charge in [0.25, 0.3) is 5.91 Å². The molecule has 0 spiro atoms. The summed E-state index contributed by atoms with van der Waals surface area (Å²) in [5, 5.41) is 1.24. The molecule has 1 aromatic rings. The third-order valence-electron chi connectivity index (χ3n) is 3.94. The molecule has 0 N–H and O–H groups in total. The van der Waals surface area contributed by atoms with Crippen LogP contribution < -0.4 is 4.90 Å². The van der Waals surface area contributed by atoms with Crippen molar-refractivity contribution in [1.82, 2.24) is 0 Å². The van der Waals surface area contributed by atoms with Crippen molar-refractivity contribution in [2.45, 2.75) is 25.1 Å². The summed E-state index contributed by atoms with van der Waals surface area (Å²) in [5.41, 5.74) is 0.619. The molecule has 2 atom stereocenters. The van der Waals surface area contributed by atoms with Crippen molar-refractivity contribution >= 4 is 61.6 Å². The standard InChI is InChI=1S/C15H16Cl2N2O3S2/c1-8(2)14(20)18-15-19(11-4-3-9(16)5-10(11)17)12-6-24(21,22)7-13(12)23-15/h3-5,8,12-13H,6-7H2,1-2H3/t12-,13-/m1/s1. The van der Waals surface area contributed by atoms with Crippen LogP contribution >= 0.6 is 35.0 Å². The van der Waals surface area contributed by atoms with Crippen LogP contribution in [0.3, 0.4) is 0 Å². The minimum atomic E-state index is -3.11. The number of hydrogen-bond donors (Lipinski definition) is 0. The summed E-state index contributed by atoms with van der Waals surface area (Å²) in [4.78, 5) is 18.0. The zero-order valence-corrected chi connectivity index (χ0v) is 16.2. The summed E-state index contributed by atoms with van der Waals surface area (Å²) >= 11 is 13.6. The van der Waals surface area contributed by atoms with E-state index in [0.29, 0.717) is 20.9 Å². The molecule has 0 aliphatic carbocycles. The Morgan fingerprint density at radius 1 is 1.33 bits per heavy atom. The number of sulfone groups is 1. The first-order valence-electron chi connectivity index (χ1n) is 7.42. The van der Waals surface area contributed by atoms with Crippen LogP contribution in [0.2, 0.25) is 10.0 Å². The van der Waals surface area contributed by atoms with Gasteiger partial charge in [-0.1, -0.05) is 48.8 Å². The van der Waals surface area contributed by atoms with Crippen molar-refractivity contribution in [2.24, 2.45) is 10.9 Å². The first-order valence-corrected chi connectivity index (χ1v) is 10.9. The van der Waals surface area contributed by atoms with Crippen LogP contribution in [-0.4, -0.2) is 42.3 Å². The van der Waals surface area contributed by atoms with Crippen LogP contribution in [0.25, 0.3) is 0 Å². The maximum Gasteiger partial charge on any atom is 0.250 e. The number of thioether (sulfide) groups is 1. The molecular weight excluding hydrogens is 391 g/mol. The number of carbonyl (C=O) groups excluding carboxylic acids is 1. The van der Waals surface area contributed by atoms with E-state index in [1.54, 1.807) is 36.9 Å². The molecule has 24 heavy (non-hydrogen) atoms. The molecule has 0 aromatic heterocycles. The average molecular weight is 407 g/mol. The molecule has 0 bridgehead atoms. The van der Waals surface area contributed by atoms with Gasteiger partial charge in [0.15, 0.2) is 15.0 Å². The lowest BCUT2D eigenvalue weighted by Gasteiger charge is -2.25. The first-order chi connectivity index (χ1) is 11.2. The van der Waals surface area contributed by atoms with Gasteiger partial charge >= 0.3 is 0 Å². The van der Waals surface area contributed by atoms with E-state index in [1.165, 1.54) is 11.8 Å². The largest absolute Gasteiger partial charge is 0.314 e. The van der Waals surface area contributed by atoms with E-state index in [0.717, 1.165) is 0 Å². The number of fused-ring (bicyclic) bond motifs is 1. The second kappa shape index (κ2) is 6.52. The molecule has 0 saturated carbocycles. The monoisotopic (exact) mass is 406 g/mol. The smallest absolute Gasteiger partial charge is 0.250 e. The number of hydrogen-bond acceptors (Lipinski definition) is 4. The van der Waals surface area contributed by atoms with Crippen LogP contribution in [-0.2, 0) is 14.6 Å². The summed E-state index contributed by atoms with van der Waals surface area (Å²) in [6.45, 7) is 3.55. The number of benzene rings is 1. The zero-order chi connectivity index (χ0) is 17.6. The highest BCUT2D eigenvalue weighted by molar-refractivity contribution is 8.16. The lowest BCUT2D eigenvalue weighted by Crippen LogP contribution is -2.38. The van der Waals surface area contributed by atoms with Crippen LogP contribution in [0.15, 0.2) is 23.2 Å². The predicted molar refractivity (Wildman–Crippen MR) is 100 cm³/mol. The Hall–Kier alpha value is -0.760. The second-order valence-corrected chi connectivity index (χ2v) is 10.4. The van der Waals surface area contributed by atoms with Crippen LogP contribution in [0.1, 0.15) is 13.8 Å². The van der Waals surface area contributed by atoms with Gasteiger partial charge in [0, 0.05) is 16.2 Å². The molecule has 9 heteroatoms. The van der Waals surface area contributed by atoms with Gasteiger partial charge < -0.3 is 4.90 Å². The van der Waals surface area contributed by atoms with Crippen LogP contribution in [0.5, 0.6) is 0 Å². The summed E-state index contributed by atoms with van der Waals surface area (Å²) in [6.07, 6.45) is 0. The summed E-state index contributed by atoms with van der Waals surface area (Å²) in [7, 11) is -3.11. The van der Waals surface area contributed by atoms with Gasteiger partial charge in [-0.2, -0.15) is 4.99 Å². The normalized spacial score (nSPS) is 27.0. The predicted octanol–water partition coefficient (Wildman–Crippen LogP) is 3.25. The molecule has 1 aromatic carbocycles. The van der Waals surface area contributed by atoms with E-state index >= 15 is 0 Å². The van der Waals surface area contributed by atoms with Crippen molar-refractivity contribution in [1.29, 1.82) is 0 Å². The van der Waals surface area contributed by atoms with Gasteiger partial charge in [-0.25, -0.2) is 8.42 Å². The Morgan fingerprint density at radius 2 is 2.04 bits per heavy atom. The van der Waals surface area contributed by atoms with Crippen LogP contribution in [0.4, 0.5) is 5.69 Å². The van der Waals surface area contributed by atoms with E-state index in [1.807, 2.05) is 0 Å². The van der Waals surface area contributed by atoms with E-state index in [4.69, 9.17) is 23.2 Å². The lowest BCUT2D eigenvalue weighted by molar-refractivity contribution is -0.120. The van der Waals surface area contributed by atoms with Gasteiger partial charge in [0.05, 0.1) is 28.3 Å². The zero-order valence-electron chi connectivity index (χ0n) is 13.1. The number of rotatable bonds is 2. The Kier molecular flexibility index (Phi) is 4.90. The maximum absolute atomic E-state index is 12.1. The minimum Gasteiger partial charge on any atom is -0.314 e. The Labute approximate surface area is 155 Å². The highest BCUT2D eigenvalue weighted by Gasteiger charge is 2.49. The molecular formula is C15H16Cl2N2O3S2. The van der Waals surface area contributed by atoms with Gasteiger partial charge in [0.2, 0.25) is 0 Å². The van der Waals surface area contributed by atoms with E-state index in [2.05, 4.69) is 4.99 Å². The Balaban J connectivity index is 2.06. The van der Waals surface area contributed by atoms with Crippen molar-refractivity contribution < 1.29 is 13.2 Å². The summed E-state index contributed by atoms with van der Waals surface area (Å²) < 4.78 is 24.0. The van der Waals surface area contributed by atoms with Crippen molar-refractivity contribution in [3.63, 3.8) is 0 Å². The molecule has 2 saturated heterocycles. The molecule has 2 heterocycles. The van der Waals surface area contributed by atoms with Gasteiger partial charge in [-0.15, -0.1) is 0 Å². The lowest BCUT2D eigenvalue weighted by atomic mass is 10.2. The molecule has 1 amide bonds. The Morgan fingerprint density at radius 3 is 2.67 bits per heavy atom. The van der Waals surface area contributed by atoms with E-state index in [-0.39, 0.29) is 34.6 Å². The fraction of sp³-hybridized carbons (Fsp3) is 0.467. The average Bonchev–Trinajstić information content (AvgIpc) is 2.91. The number of aliphatic imine (C=N–C) groups is 1. The quantitative estimate of drug-likeness (QED) is 0.753. The van der Waals surface area contributed by atoms with Crippen molar-refractivity contribution in [3.05, 3.63) is 28.2 Å². The molecule has 0 radical (unpaired) electrons. The highest BCUT2D eigenvalue weighted by atomic mass is 35.5.